The molecule has 0 atom stereocenters. The van der Waals surface area contributed by atoms with E-state index in [-0.39, 0.29) is 0 Å². The molecule has 0 unspecified atom stereocenters. The van der Waals surface area contributed by atoms with Crippen LogP contribution in [0.15, 0.2) is 25.0 Å². The van der Waals surface area contributed by atoms with Gasteiger partial charge in [-0.15, -0.1) is 6.58 Å². The van der Waals surface area contributed by atoms with Gasteiger partial charge in [0.15, 0.2) is 0 Å². The zero-order valence-corrected chi connectivity index (χ0v) is 8.64. The Hall–Kier alpha value is -1.91. The lowest BCUT2D eigenvalue weighted by Crippen LogP contribution is -2.07. The Bertz CT molecular complexity index is 474. The first kappa shape index (κ1) is 9.64. The molecule has 0 saturated carbocycles. The van der Waals surface area contributed by atoms with Crippen molar-refractivity contribution in [1.82, 2.24) is 19.6 Å². The molecular weight excluding hydrogens is 190 g/mol. The van der Waals surface area contributed by atoms with E-state index in [1.165, 1.54) is 6.33 Å². The van der Waals surface area contributed by atoms with Crippen LogP contribution < -0.4 is 5.32 Å². The van der Waals surface area contributed by atoms with Crippen molar-refractivity contribution >= 4 is 11.6 Å². The molecule has 5 heteroatoms. The fraction of sp³-hybridized carbons (Fsp3) is 0.300. The van der Waals surface area contributed by atoms with E-state index in [1.54, 1.807) is 4.52 Å². The molecule has 0 amide bonds. The minimum absolute atomic E-state index is 0.621. The van der Waals surface area contributed by atoms with E-state index in [9.17, 15) is 0 Å². The van der Waals surface area contributed by atoms with Gasteiger partial charge in [0.05, 0.1) is 0 Å². The van der Waals surface area contributed by atoms with Gasteiger partial charge >= 0.3 is 0 Å². The smallest absolute Gasteiger partial charge is 0.254 e. The lowest BCUT2D eigenvalue weighted by Gasteiger charge is -2.06. The number of fused-ring (bicyclic) bond motifs is 1. The highest BCUT2D eigenvalue weighted by Gasteiger charge is 2.03. The molecule has 2 heterocycles. The summed E-state index contributed by atoms with van der Waals surface area (Å²) in [7, 11) is 0. The molecule has 0 aliphatic carbocycles. The van der Waals surface area contributed by atoms with Crippen LogP contribution in [0.3, 0.4) is 0 Å². The fourth-order valence-corrected chi connectivity index (χ4v) is 1.36. The van der Waals surface area contributed by atoms with E-state index in [0.29, 0.717) is 5.78 Å². The van der Waals surface area contributed by atoms with Crippen LogP contribution in [0.1, 0.15) is 12.1 Å². The van der Waals surface area contributed by atoms with E-state index in [0.717, 1.165) is 24.5 Å². The Labute approximate surface area is 87.9 Å². The van der Waals surface area contributed by atoms with Gasteiger partial charge in [-0.25, -0.2) is 4.98 Å². The summed E-state index contributed by atoms with van der Waals surface area (Å²) in [5, 5.41) is 7.36. The third-order valence-corrected chi connectivity index (χ3v) is 2.03. The molecule has 0 aromatic carbocycles. The maximum Gasteiger partial charge on any atom is 0.254 e. The van der Waals surface area contributed by atoms with Gasteiger partial charge in [-0.2, -0.15) is 14.6 Å². The Balaban J connectivity index is 2.31. The number of rotatable bonds is 4. The molecule has 0 aliphatic heterocycles. The zero-order valence-electron chi connectivity index (χ0n) is 8.64. The van der Waals surface area contributed by atoms with E-state index in [4.69, 9.17) is 0 Å². The summed E-state index contributed by atoms with van der Waals surface area (Å²) in [5.41, 5.74) is 0.927. The van der Waals surface area contributed by atoms with Crippen LogP contribution in [-0.4, -0.2) is 26.1 Å². The van der Waals surface area contributed by atoms with Crippen molar-refractivity contribution in [3.8, 4) is 0 Å². The second-order valence-electron chi connectivity index (χ2n) is 3.26. The first-order valence-electron chi connectivity index (χ1n) is 4.83. The number of hydrogen-bond donors (Lipinski definition) is 1. The van der Waals surface area contributed by atoms with Crippen LogP contribution in [0.4, 0.5) is 5.82 Å². The Kier molecular flexibility index (Phi) is 2.62. The zero-order chi connectivity index (χ0) is 10.7. The van der Waals surface area contributed by atoms with Crippen molar-refractivity contribution in [3.63, 3.8) is 0 Å². The van der Waals surface area contributed by atoms with Gasteiger partial charge in [0, 0.05) is 18.3 Å². The number of aryl methyl sites for hydroxylation is 1. The van der Waals surface area contributed by atoms with Gasteiger partial charge in [-0.1, -0.05) is 6.08 Å². The average molecular weight is 203 g/mol. The average Bonchev–Trinajstić information content (AvgIpc) is 2.65. The highest BCUT2D eigenvalue weighted by Crippen LogP contribution is 2.09. The van der Waals surface area contributed by atoms with E-state index in [2.05, 4.69) is 27.0 Å². The molecule has 0 aliphatic rings. The quantitative estimate of drug-likeness (QED) is 0.603. The van der Waals surface area contributed by atoms with Crippen LogP contribution in [0.2, 0.25) is 0 Å². The molecule has 1 N–H and O–H groups in total. The predicted octanol–water partition coefficient (Wildman–Crippen LogP) is 1.42. The molecule has 78 valence electrons. The molecule has 2 rings (SSSR count). The van der Waals surface area contributed by atoms with Crippen molar-refractivity contribution in [1.29, 1.82) is 0 Å². The number of nitrogens with one attached hydrogen (secondary N) is 1. The molecule has 2 aromatic heterocycles. The van der Waals surface area contributed by atoms with Crippen molar-refractivity contribution in [2.45, 2.75) is 13.3 Å². The lowest BCUT2D eigenvalue weighted by atomic mass is 10.4. The number of nitrogens with zero attached hydrogens (tertiary/aromatic N) is 4. The van der Waals surface area contributed by atoms with E-state index in [1.807, 2.05) is 19.1 Å². The highest BCUT2D eigenvalue weighted by atomic mass is 15.3. The maximum atomic E-state index is 4.25. The third kappa shape index (κ3) is 1.96. The molecule has 0 radical (unpaired) electrons. The van der Waals surface area contributed by atoms with Gasteiger partial charge in [0.2, 0.25) is 0 Å². The predicted molar refractivity (Wildman–Crippen MR) is 58.8 cm³/mol. The van der Waals surface area contributed by atoms with Crippen LogP contribution in [0, 0.1) is 6.92 Å². The van der Waals surface area contributed by atoms with Crippen molar-refractivity contribution in [2.75, 3.05) is 11.9 Å². The Morgan fingerprint density at radius 1 is 1.60 bits per heavy atom. The van der Waals surface area contributed by atoms with Crippen LogP contribution >= 0.6 is 0 Å². The number of anilines is 1. The van der Waals surface area contributed by atoms with Gasteiger partial charge in [0.1, 0.15) is 12.1 Å². The van der Waals surface area contributed by atoms with Crippen molar-refractivity contribution < 1.29 is 0 Å². The molecular formula is C10H13N5. The topological polar surface area (TPSA) is 55.1 Å². The summed E-state index contributed by atoms with van der Waals surface area (Å²) in [5.74, 6) is 1.54. The second kappa shape index (κ2) is 4.08. The van der Waals surface area contributed by atoms with Gasteiger partial charge in [-0.3, -0.25) is 0 Å². The minimum atomic E-state index is 0.621. The van der Waals surface area contributed by atoms with Gasteiger partial charge < -0.3 is 5.32 Å². The summed E-state index contributed by atoms with van der Waals surface area (Å²) in [6.07, 6.45) is 4.29. The summed E-state index contributed by atoms with van der Waals surface area (Å²) in [6.45, 7) is 6.45. The standard InChI is InChI=1S/C10H13N5/c1-3-4-5-11-9-6-8(2)14-10-12-7-13-15(9)10/h3,6-7,11H,1,4-5H2,2H3. The van der Waals surface area contributed by atoms with Crippen LogP contribution in [0.5, 0.6) is 0 Å². The third-order valence-electron chi connectivity index (χ3n) is 2.03. The SMILES string of the molecule is C=CCCNc1cc(C)nc2ncnn12. The van der Waals surface area contributed by atoms with Crippen molar-refractivity contribution in [3.05, 3.63) is 30.7 Å². The Morgan fingerprint density at radius 2 is 2.47 bits per heavy atom. The Morgan fingerprint density at radius 3 is 3.27 bits per heavy atom. The molecule has 0 saturated heterocycles. The van der Waals surface area contributed by atoms with Gasteiger partial charge in [0.25, 0.3) is 5.78 Å². The van der Waals surface area contributed by atoms with E-state index >= 15 is 0 Å². The first-order valence-corrected chi connectivity index (χ1v) is 4.83. The lowest BCUT2D eigenvalue weighted by molar-refractivity contribution is 0.912. The summed E-state index contributed by atoms with van der Waals surface area (Å²) >= 11 is 0. The maximum absolute atomic E-state index is 4.25. The molecule has 15 heavy (non-hydrogen) atoms. The summed E-state index contributed by atoms with van der Waals surface area (Å²) in [4.78, 5) is 8.30. The minimum Gasteiger partial charge on any atom is -0.370 e. The summed E-state index contributed by atoms with van der Waals surface area (Å²) in [6, 6.07) is 1.95. The second-order valence-corrected chi connectivity index (χ2v) is 3.26. The number of aromatic nitrogens is 4. The molecule has 0 bridgehead atoms. The van der Waals surface area contributed by atoms with Gasteiger partial charge in [-0.05, 0) is 13.3 Å². The van der Waals surface area contributed by atoms with Crippen LogP contribution in [0.25, 0.3) is 5.78 Å². The molecule has 5 nitrogen and oxygen atoms in total. The molecule has 0 fully saturated rings. The molecule has 2 aromatic rings. The van der Waals surface area contributed by atoms with E-state index < -0.39 is 0 Å². The number of hydrogen-bond acceptors (Lipinski definition) is 4. The fourth-order valence-electron chi connectivity index (χ4n) is 1.36. The van der Waals surface area contributed by atoms with Crippen molar-refractivity contribution in [2.24, 2.45) is 0 Å². The normalized spacial score (nSPS) is 10.5. The van der Waals surface area contributed by atoms with Crippen LogP contribution in [-0.2, 0) is 0 Å². The largest absolute Gasteiger partial charge is 0.370 e. The first-order chi connectivity index (χ1) is 7.31. The monoisotopic (exact) mass is 203 g/mol. The summed E-state index contributed by atoms with van der Waals surface area (Å²) < 4.78 is 1.69. The highest BCUT2D eigenvalue weighted by molar-refractivity contribution is 5.44. The molecule has 0 spiro atoms.